The van der Waals surface area contributed by atoms with Gasteiger partial charge in [-0.3, -0.25) is 4.79 Å². The van der Waals surface area contributed by atoms with E-state index in [0.717, 1.165) is 64.7 Å². The van der Waals surface area contributed by atoms with E-state index in [1.165, 1.54) is 11.3 Å². The largest absolute Gasteiger partial charge is 0.378 e. The molecule has 0 unspecified atom stereocenters. The molecule has 3 heterocycles. The summed E-state index contributed by atoms with van der Waals surface area (Å²) in [5, 5.41) is 0. The fraction of sp³-hybridized carbons (Fsp3) is 0.455. The van der Waals surface area contributed by atoms with Crippen molar-refractivity contribution < 1.29 is 9.53 Å². The summed E-state index contributed by atoms with van der Waals surface area (Å²) in [6.07, 6.45) is 3.17. The molecule has 1 amide bonds. The van der Waals surface area contributed by atoms with Crippen LogP contribution in [0.2, 0.25) is 0 Å². The molecule has 2 fully saturated rings. The molecule has 0 N–H and O–H groups in total. The van der Waals surface area contributed by atoms with Gasteiger partial charge in [-0.1, -0.05) is 18.2 Å². The van der Waals surface area contributed by atoms with E-state index in [0.29, 0.717) is 6.42 Å². The SMILES string of the molecule is O=C(CCc1ccnc(N2CCOCC2)c1)N1CCN(c2ccccc2)CC1. The molecule has 4 rings (SSSR count). The zero-order chi connectivity index (χ0) is 19.2. The summed E-state index contributed by atoms with van der Waals surface area (Å²) in [5.41, 5.74) is 2.41. The second-order valence-electron chi connectivity index (χ2n) is 7.33. The number of carbonyl (C=O) groups is 1. The van der Waals surface area contributed by atoms with E-state index in [4.69, 9.17) is 4.74 Å². The molecule has 6 nitrogen and oxygen atoms in total. The predicted octanol–water partition coefficient (Wildman–Crippen LogP) is 2.20. The van der Waals surface area contributed by atoms with Crippen LogP contribution in [0, 0.1) is 0 Å². The Morgan fingerprint density at radius 1 is 0.929 bits per heavy atom. The molecule has 2 aliphatic heterocycles. The smallest absolute Gasteiger partial charge is 0.223 e. The third-order valence-electron chi connectivity index (χ3n) is 5.53. The zero-order valence-electron chi connectivity index (χ0n) is 16.3. The van der Waals surface area contributed by atoms with Crippen molar-refractivity contribution in [3.63, 3.8) is 0 Å². The highest BCUT2D eigenvalue weighted by Gasteiger charge is 2.21. The van der Waals surface area contributed by atoms with Crippen LogP contribution in [0.15, 0.2) is 48.7 Å². The van der Waals surface area contributed by atoms with Gasteiger partial charge in [0.05, 0.1) is 13.2 Å². The number of morpholine rings is 1. The second-order valence-corrected chi connectivity index (χ2v) is 7.33. The van der Waals surface area contributed by atoms with Crippen LogP contribution in [0.3, 0.4) is 0 Å². The predicted molar refractivity (Wildman–Crippen MR) is 111 cm³/mol. The maximum Gasteiger partial charge on any atom is 0.223 e. The fourth-order valence-corrected chi connectivity index (χ4v) is 3.84. The quantitative estimate of drug-likeness (QED) is 0.796. The Labute approximate surface area is 166 Å². The average Bonchev–Trinajstić information content (AvgIpc) is 2.79. The Balaban J connectivity index is 1.27. The molecule has 1 aromatic heterocycles. The number of aryl methyl sites for hydroxylation is 1. The minimum atomic E-state index is 0.248. The summed E-state index contributed by atoms with van der Waals surface area (Å²) >= 11 is 0. The van der Waals surface area contributed by atoms with Crippen LogP contribution in [0.1, 0.15) is 12.0 Å². The summed E-state index contributed by atoms with van der Waals surface area (Å²) in [5.74, 6) is 1.24. The molecule has 0 aliphatic carbocycles. The maximum absolute atomic E-state index is 12.7. The lowest BCUT2D eigenvalue weighted by Gasteiger charge is -2.36. The van der Waals surface area contributed by atoms with E-state index in [1.54, 1.807) is 0 Å². The van der Waals surface area contributed by atoms with Gasteiger partial charge in [-0.05, 0) is 36.2 Å². The van der Waals surface area contributed by atoms with E-state index >= 15 is 0 Å². The number of hydrogen-bond donors (Lipinski definition) is 0. The van der Waals surface area contributed by atoms with E-state index in [9.17, 15) is 4.79 Å². The molecular weight excluding hydrogens is 352 g/mol. The normalized spacial score (nSPS) is 17.6. The number of carbonyl (C=O) groups excluding carboxylic acids is 1. The molecule has 0 spiro atoms. The van der Waals surface area contributed by atoms with Crippen LogP contribution >= 0.6 is 0 Å². The van der Waals surface area contributed by atoms with Crippen molar-refractivity contribution in [2.45, 2.75) is 12.8 Å². The van der Waals surface area contributed by atoms with Gasteiger partial charge in [0.15, 0.2) is 0 Å². The number of anilines is 2. The molecule has 148 valence electrons. The molecule has 2 aromatic rings. The molecule has 2 aliphatic rings. The Morgan fingerprint density at radius 3 is 2.43 bits per heavy atom. The monoisotopic (exact) mass is 380 g/mol. The first-order chi connectivity index (χ1) is 13.8. The number of piperazine rings is 1. The van der Waals surface area contributed by atoms with Crippen LogP contribution < -0.4 is 9.80 Å². The maximum atomic E-state index is 12.7. The molecule has 0 atom stereocenters. The van der Waals surface area contributed by atoms with Gasteiger partial charge in [-0.2, -0.15) is 0 Å². The van der Waals surface area contributed by atoms with Crippen molar-refractivity contribution in [2.24, 2.45) is 0 Å². The summed E-state index contributed by atoms with van der Waals surface area (Å²) in [4.78, 5) is 23.8. The number of amides is 1. The standard InChI is InChI=1S/C22H28N4O2/c27-22(26-12-10-24(11-13-26)20-4-2-1-3-5-20)7-6-19-8-9-23-21(18-19)25-14-16-28-17-15-25/h1-5,8-9,18H,6-7,10-17H2. The lowest BCUT2D eigenvalue weighted by molar-refractivity contribution is -0.131. The molecule has 28 heavy (non-hydrogen) atoms. The Morgan fingerprint density at radius 2 is 1.68 bits per heavy atom. The van der Waals surface area contributed by atoms with Gasteiger partial charge in [-0.15, -0.1) is 0 Å². The highest BCUT2D eigenvalue weighted by Crippen LogP contribution is 2.18. The first-order valence-electron chi connectivity index (χ1n) is 10.1. The van der Waals surface area contributed by atoms with Gasteiger partial charge >= 0.3 is 0 Å². The number of para-hydroxylation sites is 1. The minimum absolute atomic E-state index is 0.248. The van der Waals surface area contributed by atoms with Crippen LogP contribution in [0.25, 0.3) is 0 Å². The van der Waals surface area contributed by atoms with Gasteiger partial charge in [-0.25, -0.2) is 4.98 Å². The number of hydrogen-bond acceptors (Lipinski definition) is 5. The topological polar surface area (TPSA) is 48.9 Å². The Bertz CT molecular complexity index is 769. The first kappa shape index (κ1) is 18.7. The van der Waals surface area contributed by atoms with Crippen molar-refractivity contribution in [3.05, 3.63) is 54.2 Å². The van der Waals surface area contributed by atoms with Gasteiger partial charge < -0.3 is 19.4 Å². The van der Waals surface area contributed by atoms with Crippen molar-refractivity contribution in [1.29, 1.82) is 0 Å². The molecule has 2 saturated heterocycles. The lowest BCUT2D eigenvalue weighted by Crippen LogP contribution is -2.48. The number of rotatable bonds is 5. The van der Waals surface area contributed by atoms with Gasteiger partial charge in [0.1, 0.15) is 5.82 Å². The Kier molecular flexibility index (Phi) is 6.07. The highest BCUT2D eigenvalue weighted by molar-refractivity contribution is 5.76. The third kappa shape index (κ3) is 4.62. The van der Waals surface area contributed by atoms with Crippen LogP contribution in [-0.4, -0.2) is 68.3 Å². The lowest BCUT2D eigenvalue weighted by atomic mass is 10.1. The first-order valence-corrected chi connectivity index (χ1v) is 10.1. The molecule has 0 saturated carbocycles. The fourth-order valence-electron chi connectivity index (χ4n) is 3.84. The molecular formula is C22H28N4O2. The summed E-state index contributed by atoms with van der Waals surface area (Å²) in [6, 6.07) is 14.6. The van der Waals surface area contributed by atoms with Crippen molar-refractivity contribution in [2.75, 3.05) is 62.3 Å². The number of benzene rings is 1. The van der Waals surface area contributed by atoms with E-state index in [1.807, 2.05) is 23.2 Å². The summed E-state index contributed by atoms with van der Waals surface area (Å²) in [7, 11) is 0. The summed E-state index contributed by atoms with van der Waals surface area (Å²) < 4.78 is 5.41. The molecule has 0 radical (unpaired) electrons. The van der Waals surface area contributed by atoms with Crippen molar-refractivity contribution >= 4 is 17.4 Å². The van der Waals surface area contributed by atoms with Gasteiger partial charge in [0.2, 0.25) is 5.91 Å². The average molecular weight is 380 g/mol. The second kappa shape index (κ2) is 9.06. The number of aromatic nitrogens is 1. The van der Waals surface area contributed by atoms with E-state index in [2.05, 4.69) is 45.1 Å². The van der Waals surface area contributed by atoms with Crippen LogP contribution in [0.4, 0.5) is 11.5 Å². The molecule has 0 bridgehead atoms. The van der Waals surface area contributed by atoms with E-state index in [-0.39, 0.29) is 5.91 Å². The number of ether oxygens (including phenoxy) is 1. The number of pyridine rings is 1. The van der Waals surface area contributed by atoms with Crippen LogP contribution in [0.5, 0.6) is 0 Å². The van der Waals surface area contributed by atoms with Gasteiger partial charge in [0, 0.05) is 57.6 Å². The van der Waals surface area contributed by atoms with Crippen molar-refractivity contribution in [3.8, 4) is 0 Å². The zero-order valence-corrected chi connectivity index (χ0v) is 16.3. The molecule has 6 heteroatoms. The van der Waals surface area contributed by atoms with Gasteiger partial charge in [0.25, 0.3) is 0 Å². The van der Waals surface area contributed by atoms with Crippen molar-refractivity contribution in [1.82, 2.24) is 9.88 Å². The van der Waals surface area contributed by atoms with E-state index < -0.39 is 0 Å². The molecule has 1 aromatic carbocycles. The minimum Gasteiger partial charge on any atom is -0.378 e. The van der Waals surface area contributed by atoms with Crippen LogP contribution in [-0.2, 0) is 16.0 Å². The third-order valence-corrected chi connectivity index (χ3v) is 5.53. The number of nitrogens with zero attached hydrogens (tertiary/aromatic N) is 4. The highest BCUT2D eigenvalue weighted by atomic mass is 16.5. The Hall–Kier alpha value is -2.60. The summed E-state index contributed by atoms with van der Waals surface area (Å²) in [6.45, 7) is 6.63.